The molecule has 1 saturated heterocycles. The zero-order valence-electron chi connectivity index (χ0n) is 8.91. The first-order valence-corrected chi connectivity index (χ1v) is 5.01. The third-order valence-corrected chi connectivity index (χ3v) is 2.88. The van der Waals surface area contributed by atoms with Crippen molar-refractivity contribution < 1.29 is 9.53 Å². The van der Waals surface area contributed by atoms with Crippen molar-refractivity contribution in [3.63, 3.8) is 0 Å². The lowest BCUT2D eigenvalue weighted by Gasteiger charge is -2.22. The van der Waals surface area contributed by atoms with E-state index in [1.807, 2.05) is 0 Å². The van der Waals surface area contributed by atoms with Crippen molar-refractivity contribution >= 4 is 11.8 Å². The molecule has 2 aliphatic rings. The average Bonchev–Trinajstić information content (AvgIpc) is 2.63. The van der Waals surface area contributed by atoms with Gasteiger partial charge in [-0.25, -0.2) is 4.79 Å². The smallest absolute Gasteiger partial charge is 0.328 e. The van der Waals surface area contributed by atoms with Crippen LogP contribution in [0.25, 0.3) is 0 Å². The molecule has 4 heteroatoms. The maximum Gasteiger partial charge on any atom is 0.328 e. The summed E-state index contributed by atoms with van der Waals surface area (Å²) in [6.07, 6.45) is 1.94. The first kappa shape index (κ1) is 9.49. The Morgan fingerprint density at radius 2 is 2.29 bits per heavy atom. The molecular weight excluding hydrogens is 180 g/mol. The summed E-state index contributed by atoms with van der Waals surface area (Å²) < 4.78 is 4.77. The summed E-state index contributed by atoms with van der Waals surface area (Å²) in [5.74, 6) is 0.929. The number of amidine groups is 1. The summed E-state index contributed by atoms with van der Waals surface area (Å²) in [4.78, 5) is 17.9. The number of likely N-dealkylation sites (tertiary alicyclic amines) is 1. The molecule has 0 unspecified atom stereocenters. The van der Waals surface area contributed by atoms with Gasteiger partial charge < -0.3 is 9.64 Å². The van der Waals surface area contributed by atoms with Gasteiger partial charge in [-0.05, 0) is 26.7 Å². The number of hydrogen-bond donors (Lipinski definition) is 0. The van der Waals surface area contributed by atoms with Gasteiger partial charge in [0.25, 0.3) is 0 Å². The normalized spacial score (nSPS) is 28.6. The molecule has 14 heavy (non-hydrogen) atoms. The summed E-state index contributed by atoms with van der Waals surface area (Å²) in [6, 6.07) is -0.0967. The second kappa shape index (κ2) is 2.97. The van der Waals surface area contributed by atoms with Crippen LogP contribution in [-0.2, 0) is 9.53 Å². The quantitative estimate of drug-likeness (QED) is 0.583. The largest absolute Gasteiger partial charge is 0.467 e. The highest BCUT2D eigenvalue weighted by Crippen LogP contribution is 2.33. The lowest BCUT2D eigenvalue weighted by atomic mass is 10.1. The molecule has 0 bridgehead atoms. The Bertz CT molecular complexity index is 296. The lowest BCUT2D eigenvalue weighted by molar-refractivity contribution is -0.144. The molecule has 0 aromatic heterocycles. The van der Waals surface area contributed by atoms with Crippen LogP contribution in [0.4, 0.5) is 0 Å². The third kappa shape index (κ3) is 1.38. The summed E-state index contributed by atoms with van der Waals surface area (Å²) in [5.41, 5.74) is -0.0450. The molecule has 0 amide bonds. The van der Waals surface area contributed by atoms with E-state index in [1.54, 1.807) is 0 Å². The SMILES string of the molecule is COC(=O)[C@@H]1CCCN1C1=NC1(C)C. The molecule has 0 aromatic carbocycles. The fraction of sp³-hybridized carbons (Fsp3) is 0.800. The van der Waals surface area contributed by atoms with Crippen LogP contribution in [0.2, 0.25) is 0 Å². The van der Waals surface area contributed by atoms with Crippen molar-refractivity contribution in [1.82, 2.24) is 4.90 Å². The van der Waals surface area contributed by atoms with Crippen LogP contribution in [0.15, 0.2) is 4.99 Å². The summed E-state index contributed by atoms with van der Waals surface area (Å²) in [7, 11) is 1.44. The molecular formula is C10H16N2O2. The van der Waals surface area contributed by atoms with Crippen molar-refractivity contribution in [1.29, 1.82) is 0 Å². The number of nitrogens with zero attached hydrogens (tertiary/aromatic N) is 2. The first-order valence-electron chi connectivity index (χ1n) is 5.01. The Balaban J connectivity index is 2.05. The molecule has 1 atom stereocenters. The van der Waals surface area contributed by atoms with Crippen molar-refractivity contribution in [2.45, 2.75) is 38.3 Å². The van der Waals surface area contributed by atoms with Crippen LogP contribution in [0.5, 0.6) is 0 Å². The van der Waals surface area contributed by atoms with Crippen LogP contribution in [-0.4, -0.2) is 41.9 Å². The number of aliphatic imine (C=N–C) groups is 1. The molecule has 0 spiro atoms. The number of carbonyl (C=O) groups excluding carboxylic acids is 1. The minimum atomic E-state index is -0.132. The maximum absolute atomic E-state index is 11.4. The van der Waals surface area contributed by atoms with Crippen LogP contribution >= 0.6 is 0 Å². The highest BCUT2D eigenvalue weighted by Gasteiger charge is 2.46. The average molecular weight is 196 g/mol. The van der Waals surface area contributed by atoms with Crippen LogP contribution in [0.1, 0.15) is 26.7 Å². The zero-order chi connectivity index (χ0) is 10.3. The molecule has 0 radical (unpaired) electrons. The third-order valence-electron chi connectivity index (χ3n) is 2.88. The van der Waals surface area contributed by atoms with E-state index in [4.69, 9.17) is 4.74 Å². The molecule has 78 valence electrons. The van der Waals surface area contributed by atoms with Gasteiger partial charge in [0.15, 0.2) is 0 Å². The summed E-state index contributed by atoms with van der Waals surface area (Å²) in [6.45, 7) is 5.06. The predicted molar refractivity (Wildman–Crippen MR) is 53.3 cm³/mol. The fourth-order valence-corrected chi connectivity index (χ4v) is 2.05. The molecule has 0 saturated carbocycles. The minimum absolute atomic E-state index is 0.0450. The van der Waals surface area contributed by atoms with E-state index in [-0.39, 0.29) is 17.6 Å². The summed E-state index contributed by atoms with van der Waals surface area (Å²) >= 11 is 0. The molecule has 1 fully saturated rings. The number of rotatable bonds is 1. The first-order chi connectivity index (χ1) is 6.56. The van der Waals surface area contributed by atoms with Crippen LogP contribution < -0.4 is 0 Å². The highest BCUT2D eigenvalue weighted by atomic mass is 16.5. The van der Waals surface area contributed by atoms with E-state index in [2.05, 4.69) is 23.7 Å². The van der Waals surface area contributed by atoms with Gasteiger partial charge >= 0.3 is 5.97 Å². The Morgan fingerprint density at radius 3 is 2.79 bits per heavy atom. The van der Waals surface area contributed by atoms with E-state index >= 15 is 0 Å². The molecule has 0 aromatic rings. The monoisotopic (exact) mass is 196 g/mol. The van der Waals surface area contributed by atoms with Gasteiger partial charge in [0.2, 0.25) is 0 Å². The molecule has 0 N–H and O–H groups in total. The van der Waals surface area contributed by atoms with Gasteiger partial charge in [0.05, 0.1) is 7.11 Å². The Kier molecular flexibility index (Phi) is 2.01. The van der Waals surface area contributed by atoms with Gasteiger partial charge in [-0.3, -0.25) is 4.99 Å². The number of esters is 1. The van der Waals surface area contributed by atoms with E-state index in [0.29, 0.717) is 0 Å². The fourth-order valence-electron chi connectivity index (χ4n) is 2.05. The predicted octanol–water partition coefficient (Wildman–Crippen LogP) is 0.814. The van der Waals surface area contributed by atoms with Crippen molar-refractivity contribution in [2.24, 2.45) is 4.99 Å². The van der Waals surface area contributed by atoms with Crippen molar-refractivity contribution in [2.75, 3.05) is 13.7 Å². The summed E-state index contributed by atoms with van der Waals surface area (Å²) in [5, 5.41) is 0. The van der Waals surface area contributed by atoms with E-state index < -0.39 is 0 Å². The number of methoxy groups -OCH3 is 1. The molecule has 2 heterocycles. The molecule has 2 rings (SSSR count). The molecule has 2 aliphatic heterocycles. The van der Waals surface area contributed by atoms with Gasteiger partial charge in [-0.15, -0.1) is 0 Å². The topological polar surface area (TPSA) is 41.9 Å². The van der Waals surface area contributed by atoms with Gasteiger partial charge in [-0.1, -0.05) is 0 Å². The Hall–Kier alpha value is -1.06. The number of carbonyl (C=O) groups is 1. The van der Waals surface area contributed by atoms with Gasteiger partial charge in [-0.2, -0.15) is 0 Å². The van der Waals surface area contributed by atoms with Crippen molar-refractivity contribution in [3.8, 4) is 0 Å². The van der Waals surface area contributed by atoms with Crippen LogP contribution in [0.3, 0.4) is 0 Å². The Morgan fingerprint density at radius 1 is 1.64 bits per heavy atom. The molecule has 0 aliphatic carbocycles. The number of hydrogen-bond acceptors (Lipinski definition) is 4. The minimum Gasteiger partial charge on any atom is -0.467 e. The van der Waals surface area contributed by atoms with Crippen LogP contribution in [0, 0.1) is 0 Å². The second-order valence-corrected chi connectivity index (χ2v) is 4.37. The van der Waals surface area contributed by atoms with E-state index in [9.17, 15) is 4.79 Å². The zero-order valence-corrected chi connectivity index (χ0v) is 8.91. The maximum atomic E-state index is 11.4. The second-order valence-electron chi connectivity index (χ2n) is 4.37. The standard InChI is InChI=1S/C10H16N2O2/c1-10(2)9(11-10)12-6-4-5-7(12)8(13)14-3/h7H,4-6H2,1-3H3/t7-/m0/s1. The highest BCUT2D eigenvalue weighted by molar-refractivity contribution is 6.04. The van der Waals surface area contributed by atoms with Crippen molar-refractivity contribution in [3.05, 3.63) is 0 Å². The van der Waals surface area contributed by atoms with Gasteiger partial charge in [0, 0.05) is 6.54 Å². The number of ether oxygens (including phenoxy) is 1. The molecule has 4 nitrogen and oxygen atoms in total. The van der Waals surface area contributed by atoms with Gasteiger partial charge in [0.1, 0.15) is 17.4 Å². The van der Waals surface area contributed by atoms with E-state index in [0.717, 1.165) is 25.2 Å². The van der Waals surface area contributed by atoms with E-state index in [1.165, 1.54) is 7.11 Å². The Labute approximate surface area is 83.9 Å². The lowest BCUT2D eigenvalue weighted by Crippen LogP contribution is -2.40.